The second-order valence-corrected chi connectivity index (χ2v) is 10.5. The Kier molecular flexibility index (Phi) is 9.95. The minimum Gasteiger partial charge on any atom is -0.478 e. The number of hydrogen-bond donors (Lipinski definition) is 3. The topological polar surface area (TPSA) is 124 Å². The van der Waals surface area contributed by atoms with E-state index in [9.17, 15) is 19.8 Å². The number of anilines is 1. The molecule has 1 unspecified atom stereocenters. The second kappa shape index (κ2) is 13.6. The van der Waals surface area contributed by atoms with E-state index in [1.54, 1.807) is 6.07 Å². The van der Waals surface area contributed by atoms with E-state index in [2.05, 4.69) is 5.32 Å². The number of carboxylic acids is 1. The molecule has 0 saturated heterocycles. The Morgan fingerprint density at radius 1 is 1.02 bits per heavy atom. The lowest BCUT2D eigenvalue weighted by Crippen LogP contribution is -2.26. The Morgan fingerprint density at radius 2 is 1.81 bits per heavy atom. The molecule has 1 atom stereocenters. The quantitative estimate of drug-likeness (QED) is 0.134. The maximum absolute atomic E-state index is 13.1. The second-order valence-electron chi connectivity index (χ2n) is 10.5. The van der Waals surface area contributed by atoms with Gasteiger partial charge in [-0.3, -0.25) is 4.79 Å². The number of carbonyl (C=O) groups excluding carboxylic acids is 1. The highest BCUT2D eigenvalue weighted by Gasteiger charge is 2.24. The van der Waals surface area contributed by atoms with Crippen LogP contribution < -0.4 is 20.1 Å². The summed E-state index contributed by atoms with van der Waals surface area (Å²) >= 11 is 0. The van der Waals surface area contributed by atoms with E-state index in [0.717, 1.165) is 22.0 Å². The van der Waals surface area contributed by atoms with Crippen molar-refractivity contribution in [1.82, 2.24) is 9.89 Å². The zero-order chi connectivity index (χ0) is 30.4. The highest BCUT2D eigenvalue weighted by atomic mass is 16.5. The van der Waals surface area contributed by atoms with Crippen molar-refractivity contribution in [2.24, 2.45) is 0 Å². The van der Waals surface area contributed by atoms with Crippen molar-refractivity contribution in [3.8, 4) is 22.5 Å². The van der Waals surface area contributed by atoms with Gasteiger partial charge in [-0.05, 0) is 48.4 Å². The number of ether oxygens (including phenoxy) is 2. The number of rotatable bonds is 12. The van der Waals surface area contributed by atoms with Gasteiger partial charge in [0.1, 0.15) is 31.5 Å². The lowest BCUT2D eigenvalue weighted by molar-refractivity contribution is -0.00639. The van der Waals surface area contributed by atoms with Crippen molar-refractivity contribution in [3.63, 3.8) is 0 Å². The molecule has 2 aromatic rings. The van der Waals surface area contributed by atoms with Crippen molar-refractivity contribution < 1.29 is 33.7 Å². The van der Waals surface area contributed by atoms with Gasteiger partial charge >= 0.3 is 5.97 Å². The largest absolute Gasteiger partial charge is 0.478 e. The molecule has 1 amide bonds. The molecule has 10 nitrogen and oxygen atoms in total. The smallest absolute Gasteiger partial charge is 0.336 e. The van der Waals surface area contributed by atoms with Crippen LogP contribution in [0.5, 0.6) is 0 Å². The Labute approximate surface area is 244 Å². The van der Waals surface area contributed by atoms with Crippen LogP contribution in [-0.2, 0) is 9.47 Å². The van der Waals surface area contributed by atoms with Crippen molar-refractivity contribution in [3.05, 3.63) is 71.1 Å². The zero-order valence-electron chi connectivity index (χ0n) is 24.6. The molecule has 2 aromatic carbocycles. The summed E-state index contributed by atoms with van der Waals surface area (Å²) in [5, 5.41) is 24.4. The highest BCUT2D eigenvalue weighted by Crippen LogP contribution is 2.42. The third-order valence-electron chi connectivity index (χ3n) is 6.92. The average Bonchev–Trinajstić information content (AvgIpc) is 2.96. The van der Waals surface area contributed by atoms with Crippen LogP contribution >= 0.6 is 0 Å². The summed E-state index contributed by atoms with van der Waals surface area (Å²) in [6, 6.07) is 16.2. The van der Waals surface area contributed by atoms with Crippen LogP contribution in [0.1, 0.15) is 27.1 Å². The molecule has 222 valence electrons. The fourth-order valence-electron chi connectivity index (χ4n) is 4.73. The fraction of sp³-hybridized carbons (Fsp3) is 0.344. The van der Waals surface area contributed by atoms with Crippen LogP contribution in [0.3, 0.4) is 0 Å². The van der Waals surface area contributed by atoms with Crippen LogP contribution in [0.4, 0.5) is 5.69 Å². The summed E-state index contributed by atoms with van der Waals surface area (Å²) in [5.41, 5.74) is 3.78. The van der Waals surface area contributed by atoms with Crippen LogP contribution in [0, 0.1) is 0 Å². The number of carbonyl (C=O) groups is 2. The highest BCUT2D eigenvalue weighted by molar-refractivity contribution is 6.09. The van der Waals surface area contributed by atoms with Gasteiger partial charge < -0.3 is 34.3 Å². The lowest BCUT2D eigenvalue weighted by Gasteiger charge is -2.19. The van der Waals surface area contributed by atoms with E-state index in [0.29, 0.717) is 47.6 Å². The number of benzene rings is 3. The van der Waals surface area contributed by atoms with Gasteiger partial charge in [0.25, 0.3) is 5.91 Å². The first-order chi connectivity index (χ1) is 20.1. The molecule has 1 heterocycles. The summed E-state index contributed by atoms with van der Waals surface area (Å²) in [4.78, 5) is 27.5. The van der Waals surface area contributed by atoms with Gasteiger partial charge in [-0.15, -0.1) is 0 Å². The Morgan fingerprint density at radius 3 is 2.50 bits per heavy atom. The van der Waals surface area contributed by atoms with Gasteiger partial charge in [-0.1, -0.05) is 0 Å². The molecule has 0 saturated carbocycles. The predicted molar refractivity (Wildman–Crippen MR) is 162 cm³/mol. The van der Waals surface area contributed by atoms with E-state index < -0.39 is 12.1 Å². The SMILES string of the molecule is COCC(O)COCCCNC(=O)c1ccc(C(=O)O)c(-c2c3ccc(=[N+](C)C)cc-3oc3cc(N(C)C)ccc23)c1. The molecule has 3 N–H and O–H groups in total. The number of carboxylic acid groups (broad SMARTS) is 1. The van der Waals surface area contributed by atoms with Crippen molar-refractivity contribution in [2.45, 2.75) is 12.5 Å². The molecule has 1 aliphatic carbocycles. The first-order valence-corrected chi connectivity index (χ1v) is 13.7. The third kappa shape index (κ3) is 6.96. The van der Waals surface area contributed by atoms with Crippen LogP contribution in [0.25, 0.3) is 33.4 Å². The van der Waals surface area contributed by atoms with Crippen molar-refractivity contribution in [2.75, 3.05) is 66.6 Å². The fourth-order valence-corrected chi connectivity index (χ4v) is 4.73. The molecule has 42 heavy (non-hydrogen) atoms. The Hall–Kier alpha value is -4.25. The molecule has 0 bridgehead atoms. The first kappa shape index (κ1) is 30.7. The number of nitrogens with one attached hydrogen (secondary N) is 1. The summed E-state index contributed by atoms with van der Waals surface area (Å²) in [7, 11) is 9.26. The Balaban J connectivity index is 1.74. The van der Waals surface area contributed by atoms with E-state index >= 15 is 0 Å². The number of methoxy groups -OCH3 is 1. The van der Waals surface area contributed by atoms with Gasteiger partial charge in [0, 0.05) is 74.3 Å². The molecular formula is C32H38N3O7+. The molecule has 1 aliphatic heterocycles. The minimum atomic E-state index is -1.10. The number of amides is 1. The molecule has 0 fully saturated rings. The van der Waals surface area contributed by atoms with Gasteiger partial charge in [-0.25, -0.2) is 9.37 Å². The molecule has 10 heteroatoms. The van der Waals surface area contributed by atoms with Crippen LogP contribution in [-0.4, -0.2) is 89.9 Å². The van der Waals surface area contributed by atoms with E-state index in [4.69, 9.17) is 13.9 Å². The molecular weight excluding hydrogens is 538 g/mol. The van der Waals surface area contributed by atoms with Gasteiger partial charge in [-0.2, -0.15) is 0 Å². The number of aliphatic hydroxyl groups excluding tert-OH is 1. The lowest BCUT2D eigenvalue weighted by atomic mass is 9.89. The zero-order valence-corrected chi connectivity index (χ0v) is 24.6. The van der Waals surface area contributed by atoms with Crippen LogP contribution in [0.2, 0.25) is 0 Å². The van der Waals surface area contributed by atoms with E-state index in [-0.39, 0.29) is 24.7 Å². The predicted octanol–water partition coefficient (Wildman–Crippen LogP) is 3.14. The van der Waals surface area contributed by atoms with Crippen molar-refractivity contribution >= 4 is 28.5 Å². The Bertz CT molecular complexity index is 1620. The first-order valence-electron chi connectivity index (χ1n) is 13.7. The number of aliphatic hydroxyl groups is 1. The van der Waals surface area contributed by atoms with Gasteiger partial charge in [0.05, 0.1) is 24.8 Å². The number of fused-ring (bicyclic) bond motifs is 2. The van der Waals surface area contributed by atoms with Gasteiger partial charge in [0.2, 0.25) is 5.36 Å². The minimum absolute atomic E-state index is 0.0803. The number of aromatic carboxylic acids is 1. The normalized spacial score (nSPS) is 12.0. The summed E-state index contributed by atoms with van der Waals surface area (Å²) in [5.74, 6) is -0.824. The van der Waals surface area contributed by atoms with Crippen LogP contribution in [0.15, 0.2) is 59.0 Å². The molecule has 2 aliphatic rings. The standard InChI is InChI=1S/C32H37N3O7/c1-34(2)21-8-11-25-28(16-21)42-29-17-22(35(3)4)9-12-26(29)30(25)27-15-20(7-10-24(27)32(38)39)31(37)33-13-6-14-41-19-23(36)18-40-5/h7-12,15-17,23,36H,6,13-14,18-19H2,1-5H3,(H-,33,37,38,39)/p+1. The van der Waals surface area contributed by atoms with Gasteiger partial charge in [0.15, 0.2) is 0 Å². The molecule has 4 rings (SSSR count). The summed E-state index contributed by atoms with van der Waals surface area (Å²) < 4.78 is 18.6. The number of nitrogens with zero attached hydrogens (tertiary/aromatic N) is 2. The monoisotopic (exact) mass is 576 g/mol. The van der Waals surface area contributed by atoms with E-state index in [1.165, 1.54) is 19.2 Å². The third-order valence-corrected chi connectivity index (χ3v) is 6.92. The molecule has 0 spiro atoms. The average molecular weight is 577 g/mol. The molecule has 0 aromatic heterocycles. The van der Waals surface area contributed by atoms with E-state index in [1.807, 2.05) is 74.1 Å². The maximum Gasteiger partial charge on any atom is 0.336 e. The molecule has 0 radical (unpaired) electrons. The van der Waals surface area contributed by atoms with Crippen molar-refractivity contribution in [1.29, 1.82) is 0 Å². The summed E-state index contributed by atoms with van der Waals surface area (Å²) in [6.07, 6.45) is -0.152. The summed E-state index contributed by atoms with van der Waals surface area (Å²) in [6.45, 7) is 1.06. The maximum atomic E-state index is 13.1. The number of hydrogen-bond acceptors (Lipinski definition) is 7.